The SMILES string of the molecule is CC1C=CC(C(Nc2ccccc2C(C)(C)C)c2cccc(-c3cccc4ccccc34)n2)=CC1. The van der Waals surface area contributed by atoms with E-state index in [-0.39, 0.29) is 11.5 Å². The van der Waals surface area contributed by atoms with Gasteiger partial charge in [0.05, 0.1) is 17.4 Å². The summed E-state index contributed by atoms with van der Waals surface area (Å²) in [4.78, 5) is 5.24. The lowest BCUT2D eigenvalue weighted by Crippen LogP contribution is -2.20. The number of hydrogen-bond acceptors (Lipinski definition) is 2. The van der Waals surface area contributed by atoms with Gasteiger partial charge in [0.1, 0.15) is 0 Å². The van der Waals surface area contributed by atoms with Crippen molar-refractivity contribution in [1.29, 1.82) is 0 Å². The number of pyridine rings is 1. The molecule has 1 heterocycles. The largest absolute Gasteiger partial charge is 0.373 e. The summed E-state index contributed by atoms with van der Waals surface area (Å²) in [6.45, 7) is 9.07. The molecule has 0 saturated heterocycles. The van der Waals surface area contributed by atoms with Crippen LogP contribution in [-0.4, -0.2) is 4.98 Å². The van der Waals surface area contributed by atoms with Gasteiger partial charge in [-0.05, 0) is 57.9 Å². The van der Waals surface area contributed by atoms with E-state index in [9.17, 15) is 0 Å². The minimum atomic E-state index is -0.0304. The van der Waals surface area contributed by atoms with Gasteiger partial charge in [-0.25, -0.2) is 0 Å². The third-order valence-corrected chi connectivity index (χ3v) is 6.84. The molecule has 0 amide bonds. The highest BCUT2D eigenvalue weighted by atomic mass is 15.0. The van der Waals surface area contributed by atoms with Gasteiger partial charge in [0.2, 0.25) is 0 Å². The smallest absolute Gasteiger partial charge is 0.0937 e. The first-order valence-corrected chi connectivity index (χ1v) is 12.6. The molecule has 0 fully saturated rings. The van der Waals surface area contributed by atoms with Gasteiger partial charge in [-0.15, -0.1) is 0 Å². The van der Waals surface area contributed by atoms with Crippen LogP contribution in [0.1, 0.15) is 51.4 Å². The lowest BCUT2D eigenvalue weighted by atomic mass is 9.85. The average molecular weight is 459 g/mol. The van der Waals surface area contributed by atoms with Crippen molar-refractivity contribution in [2.24, 2.45) is 5.92 Å². The van der Waals surface area contributed by atoms with Crippen molar-refractivity contribution in [3.8, 4) is 11.3 Å². The number of aromatic nitrogens is 1. The fourth-order valence-corrected chi connectivity index (χ4v) is 4.92. The van der Waals surface area contributed by atoms with E-state index < -0.39 is 0 Å². The number of nitrogens with zero attached hydrogens (tertiary/aromatic N) is 1. The van der Waals surface area contributed by atoms with Crippen molar-refractivity contribution < 1.29 is 0 Å². The predicted octanol–water partition coefficient (Wildman–Crippen LogP) is 8.87. The van der Waals surface area contributed by atoms with Crippen molar-refractivity contribution in [3.63, 3.8) is 0 Å². The Morgan fingerprint density at radius 3 is 2.40 bits per heavy atom. The molecule has 2 nitrogen and oxygen atoms in total. The van der Waals surface area contributed by atoms with Crippen LogP contribution in [0.5, 0.6) is 0 Å². The lowest BCUT2D eigenvalue weighted by molar-refractivity contribution is 0.590. The first kappa shape index (κ1) is 23.1. The molecule has 35 heavy (non-hydrogen) atoms. The van der Waals surface area contributed by atoms with Crippen LogP contribution in [0.25, 0.3) is 22.0 Å². The Hall–Kier alpha value is -3.65. The normalized spacial score (nSPS) is 16.7. The Bertz CT molecular complexity index is 1400. The number of allylic oxidation sites excluding steroid dienone is 2. The summed E-state index contributed by atoms with van der Waals surface area (Å²) < 4.78 is 0. The number of hydrogen-bond donors (Lipinski definition) is 1. The maximum atomic E-state index is 5.24. The molecule has 0 aliphatic heterocycles. The third kappa shape index (κ3) is 4.93. The Morgan fingerprint density at radius 1 is 0.857 bits per heavy atom. The van der Waals surface area contributed by atoms with Gasteiger partial charge in [-0.2, -0.15) is 0 Å². The molecular weight excluding hydrogens is 424 g/mol. The molecule has 1 N–H and O–H groups in total. The number of anilines is 1. The third-order valence-electron chi connectivity index (χ3n) is 6.84. The van der Waals surface area contributed by atoms with Gasteiger partial charge >= 0.3 is 0 Å². The maximum absolute atomic E-state index is 5.24. The van der Waals surface area contributed by atoms with E-state index in [1.54, 1.807) is 0 Å². The van der Waals surface area contributed by atoms with Gasteiger partial charge < -0.3 is 5.32 Å². The van der Waals surface area contributed by atoms with Crippen molar-refractivity contribution in [2.45, 2.75) is 45.6 Å². The second-order valence-electron chi connectivity index (χ2n) is 10.6. The van der Waals surface area contributed by atoms with Crippen molar-refractivity contribution >= 4 is 16.5 Å². The van der Waals surface area contributed by atoms with E-state index in [0.29, 0.717) is 5.92 Å². The minimum Gasteiger partial charge on any atom is -0.373 e. The van der Waals surface area contributed by atoms with Crippen LogP contribution in [0.4, 0.5) is 5.69 Å². The highest BCUT2D eigenvalue weighted by Gasteiger charge is 2.23. The van der Waals surface area contributed by atoms with E-state index in [0.717, 1.165) is 23.5 Å². The standard InChI is InChI=1S/C33H34N2/c1-23-19-21-25(22-20-23)32(35-30-16-8-7-15-28(30)33(2,3)4)31-18-10-17-29(34-31)27-14-9-12-24-11-5-6-13-26(24)27/h5-19,21-23,32,35H,20H2,1-4H3. The second kappa shape index (κ2) is 9.54. The van der Waals surface area contributed by atoms with Crippen molar-refractivity contribution in [3.05, 3.63) is 120 Å². The zero-order chi connectivity index (χ0) is 24.4. The quantitative estimate of drug-likeness (QED) is 0.323. The molecule has 1 aromatic heterocycles. The first-order chi connectivity index (χ1) is 16.9. The van der Waals surface area contributed by atoms with Crippen LogP contribution in [0.15, 0.2) is 109 Å². The molecule has 0 bridgehead atoms. The van der Waals surface area contributed by atoms with Crippen LogP contribution < -0.4 is 5.32 Å². The summed E-state index contributed by atoms with van der Waals surface area (Å²) in [6, 6.07) is 30.0. The molecular formula is C33H34N2. The molecule has 176 valence electrons. The number of rotatable bonds is 5. The number of nitrogens with one attached hydrogen (secondary N) is 1. The molecule has 5 rings (SSSR count). The van der Waals surface area contributed by atoms with Gasteiger partial charge in [-0.1, -0.05) is 113 Å². The second-order valence-corrected chi connectivity index (χ2v) is 10.6. The molecule has 0 saturated carbocycles. The molecule has 0 radical (unpaired) electrons. The summed E-state index contributed by atoms with van der Waals surface area (Å²) in [5, 5.41) is 6.35. The topological polar surface area (TPSA) is 24.9 Å². The zero-order valence-corrected chi connectivity index (χ0v) is 21.1. The number of benzene rings is 3. The highest BCUT2D eigenvalue weighted by molar-refractivity contribution is 5.95. The Kier molecular flexibility index (Phi) is 6.30. The van der Waals surface area contributed by atoms with Gasteiger partial charge in [0.15, 0.2) is 0 Å². The lowest BCUT2D eigenvalue weighted by Gasteiger charge is -2.28. The Morgan fingerprint density at radius 2 is 1.60 bits per heavy atom. The van der Waals surface area contributed by atoms with E-state index >= 15 is 0 Å². The van der Waals surface area contributed by atoms with Crippen molar-refractivity contribution in [1.82, 2.24) is 4.98 Å². The molecule has 2 heteroatoms. The Balaban J connectivity index is 1.60. The van der Waals surface area contributed by atoms with Crippen LogP contribution >= 0.6 is 0 Å². The van der Waals surface area contributed by atoms with E-state index in [2.05, 4.69) is 136 Å². The van der Waals surface area contributed by atoms with Gasteiger partial charge in [-0.3, -0.25) is 4.98 Å². The summed E-state index contributed by atoms with van der Waals surface area (Å²) >= 11 is 0. The monoisotopic (exact) mass is 458 g/mol. The number of fused-ring (bicyclic) bond motifs is 1. The average Bonchev–Trinajstić information content (AvgIpc) is 2.87. The van der Waals surface area contributed by atoms with Crippen LogP contribution in [0, 0.1) is 5.92 Å². The molecule has 0 spiro atoms. The number of para-hydroxylation sites is 1. The molecule has 3 aromatic carbocycles. The summed E-state index contributed by atoms with van der Waals surface area (Å²) in [7, 11) is 0. The molecule has 4 aromatic rings. The molecule has 2 atom stereocenters. The first-order valence-electron chi connectivity index (χ1n) is 12.6. The fourth-order valence-electron chi connectivity index (χ4n) is 4.92. The van der Waals surface area contributed by atoms with Crippen molar-refractivity contribution in [2.75, 3.05) is 5.32 Å². The van der Waals surface area contributed by atoms with E-state index in [1.807, 2.05) is 0 Å². The zero-order valence-electron chi connectivity index (χ0n) is 21.1. The van der Waals surface area contributed by atoms with Crippen LogP contribution in [-0.2, 0) is 5.41 Å². The molecule has 1 aliphatic rings. The molecule has 2 unspecified atom stereocenters. The summed E-state index contributed by atoms with van der Waals surface area (Å²) in [5.74, 6) is 0.566. The summed E-state index contributed by atoms with van der Waals surface area (Å²) in [5.41, 5.74) is 6.99. The minimum absolute atomic E-state index is 0.0304. The predicted molar refractivity (Wildman–Crippen MR) is 150 cm³/mol. The highest BCUT2D eigenvalue weighted by Crippen LogP contribution is 2.36. The fraction of sp³-hybridized carbons (Fsp3) is 0.242. The van der Waals surface area contributed by atoms with Gasteiger partial charge in [0.25, 0.3) is 0 Å². The summed E-state index contributed by atoms with van der Waals surface area (Å²) in [6.07, 6.45) is 8.01. The van der Waals surface area contributed by atoms with Gasteiger partial charge in [0, 0.05) is 11.3 Å². The van der Waals surface area contributed by atoms with Crippen LogP contribution in [0.2, 0.25) is 0 Å². The van der Waals surface area contributed by atoms with Crippen LogP contribution in [0.3, 0.4) is 0 Å². The molecule has 1 aliphatic carbocycles. The van der Waals surface area contributed by atoms with E-state index in [4.69, 9.17) is 4.98 Å². The van der Waals surface area contributed by atoms with E-state index in [1.165, 1.54) is 27.5 Å². The Labute approximate surface area is 209 Å². The maximum Gasteiger partial charge on any atom is 0.0937 e.